The number of benzene rings is 1. The summed E-state index contributed by atoms with van der Waals surface area (Å²) < 4.78 is 0. The van der Waals surface area contributed by atoms with E-state index in [1.54, 1.807) is 0 Å². The van der Waals surface area contributed by atoms with Gasteiger partial charge in [-0.3, -0.25) is 4.99 Å². The van der Waals surface area contributed by atoms with Crippen molar-refractivity contribution in [2.45, 2.75) is 33.6 Å². The summed E-state index contributed by atoms with van der Waals surface area (Å²) in [6.07, 6.45) is 0. The van der Waals surface area contributed by atoms with Crippen molar-refractivity contribution in [1.29, 1.82) is 0 Å². The van der Waals surface area contributed by atoms with Gasteiger partial charge in [-0.2, -0.15) is 0 Å². The average molecular weight is 201 g/mol. The molecule has 0 aliphatic heterocycles. The Morgan fingerprint density at radius 3 is 2.33 bits per heavy atom. The van der Waals surface area contributed by atoms with Crippen molar-refractivity contribution in [2.24, 2.45) is 4.99 Å². The molecule has 1 aromatic carbocycles. The van der Waals surface area contributed by atoms with E-state index in [1.165, 1.54) is 11.1 Å². The van der Waals surface area contributed by atoms with Crippen LogP contribution in [0.2, 0.25) is 0 Å². The molecule has 80 valence electrons. The molecule has 0 N–H and O–H groups in total. The lowest BCUT2D eigenvalue weighted by Crippen LogP contribution is -1.93. The van der Waals surface area contributed by atoms with Crippen LogP contribution >= 0.6 is 0 Å². The first kappa shape index (κ1) is 11.7. The van der Waals surface area contributed by atoms with Crippen molar-refractivity contribution in [3.05, 3.63) is 35.4 Å². The standard InChI is InChI=1S/C14H19N/c1-9(2)12-7-11(5)8-13(10(3)4)14(12)15-6/h7-8,10H,1,6H2,2-5H3. The lowest BCUT2D eigenvalue weighted by molar-refractivity contribution is 0.864. The number of hydrogen-bond donors (Lipinski definition) is 0. The monoisotopic (exact) mass is 201 g/mol. The second-order valence-corrected chi connectivity index (χ2v) is 4.34. The van der Waals surface area contributed by atoms with Gasteiger partial charge in [0.2, 0.25) is 0 Å². The SMILES string of the molecule is C=Nc1c(C(=C)C)cc(C)cc1C(C)C. The Balaban J connectivity index is 3.52. The Hall–Kier alpha value is -1.37. The molecule has 1 nitrogen and oxygen atoms in total. The van der Waals surface area contributed by atoms with Crippen LogP contribution in [-0.4, -0.2) is 6.72 Å². The first-order valence-corrected chi connectivity index (χ1v) is 5.24. The van der Waals surface area contributed by atoms with Crippen molar-refractivity contribution in [2.75, 3.05) is 0 Å². The molecule has 0 saturated heterocycles. The maximum atomic E-state index is 4.14. The molecule has 0 bridgehead atoms. The molecule has 0 aromatic heterocycles. The number of hydrogen-bond acceptors (Lipinski definition) is 1. The van der Waals surface area contributed by atoms with Crippen molar-refractivity contribution in [3.8, 4) is 0 Å². The van der Waals surface area contributed by atoms with Crippen LogP contribution in [0.1, 0.15) is 43.4 Å². The largest absolute Gasteiger partial charge is 0.264 e. The molecule has 0 heterocycles. The van der Waals surface area contributed by atoms with E-state index in [-0.39, 0.29) is 0 Å². The molecular weight excluding hydrogens is 182 g/mol. The smallest absolute Gasteiger partial charge is 0.0731 e. The fraction of sp³-hybridized carbons (Fsp3) is 0.357. The average Bonchev–Trinajstić information content (AvgIpc) is 2.16. The third kappa shape index (κ3) is 2.35. The summed E-state index contributed by atoms with van der Waals surface area (Å²) in [6, 6.07) is 4.30. The molecule has 0 aliphatic carbocycles. The molecule has 0 amide bonds. The Labute approximate surface area is 92.6 Å². The van der Waals surface area contributed by atoms with E-state index < -0.39 is 0 Å². The van der Waals surface area contributed by atoms with E-state index >= 15 is 0 Å². The zero-order valence-electron chi connectivity index (χ0n) is 10.1. The minimum absolute atomic E-state index is 0.462. The summed E-state index contributed by atoms with van der Waals surface area (Å²) in [6.45, 7) is 16.1. The van der Waals surface area contributed by atoms with Gasteiger partial charge in [-0.1, -0.05) is 32.1 Å². The minimum Gasteiger partial charge on any atom is -0.264 e. The highest BCUT2D eigenvalue weighted by molar-refractivity contribution is 5.76. The molecule has 1 rings (SSSR count). The summed E-state index contributed by atoms with van der Waals surface area (Å²) in [7, 11) is 0. The summed E-state index contributed by atoms with van der Waals surface area (Å²) in [5, 5.41) is 0. The molecule has 0 spiro atoms. The van der Waals surface area contributed by atoms with Gasteiger partial charge in [-0.25, -0.2) is 0 Å². The van der Waals surface area contributed by atoms with Crippen molar-refractivity contribution >= 4 is 18.0 Å². The van der Waals surface area contributed by atoms with Crippen LogP contribution < -0.4 is 0 Å². The van der Waals surface area contributed by atoms with Crippen molar-refractivity contribution in [3.63, 3.8) is 0 Å². The van der Waals surface area contributed by atoms with Gasteiger partial charge >= 0.3 is 0 Å². The van der Waals surface area contributed by atoms with Gasteiger partial charge in [0, 0.05) is 5.56 Å². The molecule has 0 fully saturated rings. The van der Waals surface area contributed by atoms with E-state index in [0.717, 1.165) is 16.8 Å². The van der Waals surface area contributed by atoms with Gasteiger partial charge in [0.05, 0.1) is 5.69 Å². The number of aryl methyl sites for hydroxylation is 1. The fourth-order valence-electron chi connectivity index (χ4n) is 1.75. The van der Waals surface area contributed by atoms with E-state index in [1.807, 2.05) is 6.92 Å². The zero-order chi connectivity index (χ0) is 11.6. The van der Waals surface area contributed by atoms with Gasteiger partial charge in [-0.05, 0) is 43.7 Å². The van der Waals surface area contributed by atoms with Gasteiger partial charge in [0.15, 0.2) is 0 Å². The predicted molar refractivity (Wildman–Crippen MR) is 69.2 cm³/mol. The first-order valence-electron chi connectivity index (χ1n) is 5.24. The molecule has 15 heavy (non-hydrogen) atoms. The Kier molecular flexibility index (Phi) is 3.46. The number of nitrogens with zero attached hydrogens (tertiary/aromatic N) is 1. The highest BCUT2D eigenvalue weighted by Crippen LogP contribution is 2.34. The van der Waals surface area contributed by atoms with E-state index in [4.69, 9.17) is 0 Å². The van der Waals surface area contributed by atoms with Crippen LogP contribution in [0.15, 0.2) is 23.7 Å². The van der Waals surface area contributed by atoms with Crippen LogP contribution in [-0.2, 0) is 0 Å². The van der Waals surface area contributed by atoms with Gasteiger partial charge in [-0.15, -0.1) is 0 Å². The second kappa shape index (κ2) is 4.43. The van der Waals surface area contributed by atoms with Crippen molar-refractivity contribution in [1.82, 2.24) is 0 Å². The van der Waals surface area contributed by atoms with Crippen LogP contribution in [0.3, 0.4) is 0 Å². The maximum Gasteiger partial charge on any atom is 0.0731 e. The third-order valence-electron chi connectivity index (χ3n) is 2.52. The highest BCUT2D eigenvalue weighted by atomic mass is 14.7. The predicted octanol–water partition coefficient (Wildman–Crippen LogP) is 4.48. The lowest BCUT2D eigenvalue weighted by Gasteiger charge is -2.15. The van der Waals surface area contributed by atoms with Crippen LogP contribution in [0.4, 0.5) is 5.69 Å². The summed E-state index contributed by atoms with van der Waals surface area (Å²) in [5.74, 6) is 0.462. The first-order chi connectivity index (χ1) is 6.97. The maximum absolute atomic E-state index is 4.14. The Morgan fingerprint density at radius 2 is 1.93 bits per heavy atom. The number of allylic oxidation sites excluding steroid dienone is 1. The second-order valence-electron chi connectivity index (χ2n) is 4.34. The fourth-order valence-corrected chi connectivity index (χ4v) is 1.75. The van der Waals surface area contributed by atoms with E-state index in [0.29, 0.717) is 5.92 Å². The zero-order valence-corrected chi connectivity index (χ0v) is 10.1. The van der Waals surface area contributed by atoms with Crippen molar-refractivity contribution < 1.29 is 0 Å². The number of rotatable bonds is 3. The summed E-state index contributed by atoms with van der Waals surface area (Å²) in [4.78, 5) is 4.14. The summed E-state index contributed by atoms with van der Waals surface area (Å²) in [5.41, 5.74) is 5.66. The topological polar surface area (TPSA) is 12.4 Å². The van der Waals surface area contributed by atoms with Crippen LogP contribution in [0.25, 0.3) is 5.57 Å². The van der Waals surface area contributed by atoms with Crippen LogP contribution in [0, 0.1) is 6.92 Å². The Morgan fingerprint density at radius 1 is 1.33 bits per heavy atom. The molecule has 0 unspecified atom stereocenters. The van der Waals surface area contributed by atoms with E-state index in [2.05, 4.69) is 51.2 Å². The molecule has 0 radical (unpaired) electrons. The third-order valence-corrected chi connectivity index (χ3v) is 2.52. The van der Waals surface area contributed by atoms with Gasteiger partial charge in [0.1, 0.15) is 0 Å². The molecule has 0 saturated carbocycles. The Bertz CT molecular complexity index is 400. The van der Waals surface area contributed by atoms with E-state index in [9.17, 15) is 0 Å². The molecule has 0 aliphatic rings. The molecule has 0 atom stereocenters. The highest BCUT2D eigenvalue weighted by Gasteiger charge is 2.11. The normalized spacial score (nSPS) is 10.5. The van der Waals surface area contributed by atoms with Crippen LogP contribution in [0.5, 0.6) is 0 Å². The summed E-state index contributed by atoms with van der Waals surface area (Å²) >= 11 is 0. The molecular formula is C14H19N. The quantitative estimate of drug-likeness (QED) is 0.639. The van der Waals surface area contributed by atoms with Gasteiger partial charge < -0.3 is 0 Å². The minimum atomic E-state index is 0.462. The molecule has 1 aromatic rings. The lowest BCUT2D eigenvalue weighted by atomic mass is 9.93. The molecule has 1 heteroatoms. The number of aliphatic imine (C=N–C) groups is 1. The van der Waals surface area contributed by atoms with Gasteiger partial charge in [0.25, 0.3) is 0 Å².